The van der Waals surface area contributed by atoms with Gasteiger partial charge in [-0.25, -0.2) is 13.1 Å². The van der Waals surface area contributed by atoms with E-state index in [0.717, 1.165) is 13.1 Å². The number of methoxy groups -OCH3 is 1. The Hall–Kier alpha value is -2.40. The first kappa shape index (κ1) is 26.2. The largest absolute Gasteiger partial charge is 0.497 e. The molecule has 0 aliphatic carbocycles. The maximum atomic E-state index is 13.1. The number of sulfonamides is 1. The first-order valence-corrected chi connectivity index (χ1v) is 14.6. The molecule has 2 aromatic rings. The van der Waals surface area contributed by atoms with Crippen molar-refractivity contribution >= 4 is 15.9 Å². The highest BCUT2D eigenvalue weighted by atomic mass is 32.2. The summed E-state index contributed by atoms with van der Waals surface area (Å²) in [6.45, 7) is 6.63. The molecule has 1 aromatic carbocycles. The Labute approximate surface area is 219 Å². The van der Waals surface area contributed by atoms with Gasteiger partial charge in [0.05, 0.1) is 24.1 Å². The number of piperazine rings is 1. The Morgan fingerprint density at radius 3 is 2.24 bits per heavy atom. The van der Waals surface area contributed by atoms with Gasteiger partial charge in [-0.2, -0.15) is 0 Å². The van der Waals surface area contributed by atoms with Gasteiger partial charge in [-0.05, 0) is 75.9 Å². The first-order chi connectivity index (χ1) is 17.7. The molecule has 5 rings (SSSR count). The van der Waals surface area contributed by atoms with Crippen molar-refractivity contribution in [3.63, 3.8) is 0 Å². The SMILES string of the molecule is COc1cc(C)c(S(=O)(=O)NCc2cc(C(=O)N3CCN(C4CC5CCC(C4)N5C)CC3)co2)c(C)c1. The molecule has 1 amide bonds. The van der Waals surface area contributed by atoms with Crippen LogP contribution in [0, 0.1) is 13.8 Å². The van der Waals surface area contributed by atoms with Crippen LogP contribution in [0.3, 0.4) is 0 Å². The molecular formula is C27H38N4O5S. The van der Waals surface area contributed by atoms with E-state index in [1.807, 2.05) is 4.90 Å². The Morgan fingerprint density at radius 2 is 1.65 bits per heavy atom. The predicted molar refractivity (Wildman–Crippen MR) is 140 cm³/mol. The van der Waals surface area contributed by atoms with E-state index in [1.165, 1.54) is 31.9 Å². The van der Waals surface area contributed by atoms with E-state index in [0.29, 0.717) is 59.4 Å². The third-order valence-electron chi connectivity index (χ3n) is 8.47. The highest BCUT2D eigenvalue weighted by Crippen LogP contribution is 2.36. The van der Waals surface area contributed by atoms with Crippen molar-refractivity contribution in [1.29, 1.82) is 0 Å². The van der Waals surface area contributed by atoms with E-state index in [9.17, 15) is 13.2 Å². The van der Waals surface area contributed by atoms with Crippen molar-refractivity contribution in [1.82, 2.24) is 19.4 Å². The van der Waals surface area contributed by atoms with Gasteiger partial charge < -0.3 is 19.0 Å². The van der Waals surface area contributed by atoms with Gasteiger partial charge in [0.2, 0.25) is 10.0 Å². The van der Waals surface area contributed by atoms with E-state index in [2.05, 4.69) is 21.6 Å². The minimum absolute atomic E-state index is 0.0350. The number of benzene rings is 1. The molecule has 1 N–H and O–H groups in total. The van der Waals surface area contributed by atoms with Crippen LogP contribution in [-0.2, 0) is 16.6 Å². The van der Waals surface area contributed by atoms with Crippen molar-refractivity contribution in [3.8, 4) is 5.75 Å². The summed E-state index contributed by atoms with van der Waals surface area (Å²) in [6.07, 6.45) is 6.52. The number of aryl methyl sites for hydroxylation is 2. The lowest BCUT2D eigenvalue weighted by Gasteiger charge is -2.45. The summed E-state index contributed by atoms with van der Waals surface area (Å²) in [4.78, 5) is 20.4. The lowest BCUT2D eigenvalue weighted by molar-refractivity contribution is 0.0343. The number of carbonyl (C=O) groups is 1. The maximum absolute atomic E-state index is 13.1. The van der Waals surface area contributed by atoms with Gasteiger partial charge in [0.25, 0.3) is 5.91 Å². The molecule has 3 aliphatic rings. The number of amides is 1. The van der Waals surface area contributed by atoms with E-state index in [-0.39, 0.29) is 17.3 Å². The van der Waals surface area contributed by atoms with E-state index in [4.69, 9.17) is 9.15 Å². The number of hydrogen-bond donors (Lipinski definition) is 1. The van der Waals surface area contributed by atoms with Crippen LogP contribution in [0.5, 0.6) is 5.75 Å². The summed E-state index contributed by atoms with van der Waals surface area (Å²) in [5, 5.41) is 0. The standard InChI is InChI=1S/C27H38N4O5S/c1-18-11-24(35-4)12-19(2)26(18)37(33,34)28-16-25-13-20(17-36-25)27(32)31-9-7-30(8-10-31)23-14-21-5-6-22(15-23)29(21)3/h11-13,17,21-23,28H,5-10,14-16H2,1-4H3. The van der Waals surface area contributed by atoms with Gasteiger partial charge >= 0.3 is 0 Å². The molecule has 4 heterocycles. The van der Waals surface area contributed by atoms with Gasteiger partial charge in [0.15, 0.2) is 0 Å². The second kappa shape index (κ2) is 10.4. The lowest BCUT2D eigenvalue weighted by atomic mass is 9.96. The third-order valence-corrected chi connectivity index (χ3v) is 10.2. The molecule has 2 unspecified atom stereocenters. The average Bonchev–Trinajstić information content (AvgIpc) is 3.41. The molecule has 10 heteroatoms. The van der Waals surface area contributed by atoms with Crippen LogP contribution in [0.15, 0.2) is 33.8 Å². The second-order valence-electron chi connectivity index (χ2n) is 10.7. The van der Waals surface area contributed by atoms with E-state index >= 15 is 0 Å². The fourth-order valence-corrected chi connectivity index (χ4v) is 7.87. The Bertz CT molecular complexity index is 1210. The van der Waals surface area contributed by atoms with Crippen LogP contribution < -0.4 is 9.46 Å². The smallest absolute Gasteiger partial charge is 0.257 e. The Balaban J connectivity index is 1.16. The number of piperidine rings is 1. The zero-order valence-electron chi connectivity index (χ0n) is 22.2. The quantitative estimate of drug-likeness (QED) is 0.588. The maximum Gasteiger partial charge on any atom is 0.257 e. The van der Waals surface area contributed by atoms with Crippen molar-refractivity contribution in [3.05, 3.63) is 46.9 Å². The molecule has 2 bridgehead atoms. The van der Waals surface area contributed by atoms with Gasteiger partial charge in [0, 0.05) is 44.3 Å². The van der Waals surface area contributed by atoms with Crippen molar-refractivity contribution < 1.29 is 22.4 Å². The number of hydrogen-bond acceptors (Lipinski definition) is 7. The number of nitrogens with one attached hydrogen (secondary N) is 1. The predicted octanol–water partition coefficient (Wildman–Crippen LogP) is 2.77. The average molecular weight is 531 g/mol. The molecule has 3 aliphatic heterocycles. The van der Waals surface area contributed by atoms with Gasteiger partial charge in [0.1, 0.15) is 17.8 Å². The minimum atomic E-state index is -3.77. The number of carbonyl (C=O) groups excluding carboxylic acids is 1. The summed E-state index contributed by atoms with van der Waals surface area (Å²) in [5.41, 5.74) is 1.66. The number of ether oxygens (including phenoxy) is 1. The van der Waals surface area contributed by atoms with Crippen LogP contribution in [0.4, 0.5) is 0 Å². The first-order valence-electron chi connectivity index (χ1n) is 13.1. The van der Waals surface area contributed by atoms with Gasteiger partial charge in [-0.1, -0.05) is 0 Å². The fourth-order valence-electron chi connectivity index (χ4n) is 6.43. The molecule has 9 nitrogen and oxygen atoms in total. The Morgan fingerprint density at radius 1 is 1.03 bits per heavy atom. The van der Waals surface area contributed by atoms with Gasteiger partial charge in [-0.3, -0.25) is 9.69 Å². The number of fused-ring (bicyclic) bond motifs is 2. The van der Waals surface area contributed by atoms with Crippen LogP contribution in [0.1, 0.15) is 52.9 Å². The zero-order valence-corrected chi connectivity index (χ0v) is 23.0. The van der Waals surface area contributed by atoms with Crippen LogP contribution in [0.25, 0.3) is 0 Å². The molecule has 202 valence electrons. The van der Waals surface area contributed by atoms with Crippen molar-refractivity contribution in [2.75, 3.05) is 40.3 Å². The lowest BCUT2D eigenvalue weighted by Crippen LogP contribution is -2.55. The van der Waals surface area contributed by atoms with Gasteiger partial charge in [-0.15, -0.1) is 0 Å². The monoisotopic (exact) mass is 530 g/mol. The molecule has 37 heavy (non-hydrogen) atoms. The van der Waals surface area contributed by atoms with Crippen LogP contribution >= 0.6 is 0 Å². The van der Waals surface area contributed by atoms with Crippen molar-refractivity contribution in [2.24, 2.45) is 0 Å². The molecule has 3 saturated heterocycles. The molecule has 3 fully saturated rings. The highest BCUT2D eigenvalue weighted by molar-refractivity contribution is 7.89. The van der Waals surface area contributed by atoms with Crippen LogP contribution in [0.2, 0.25) is 0 Å². The molecule has 0 radical (unpaired) electrons. The Kier molecular flexibility index (Phi) is 7.37. The number of furan rings is 1. The highest BCUT2D eigenvalue weighted by Gasteiger charge is 2.41. The number of rotatable bonds is 7. The molecule has 0 saturated carbocycles. The third kappa shape index (κ3) is 5.30. The summed E-state index contributed by atoms with van der Waals surface area (Å²) in [7, 11) is 0.0454. The van der Waals surface area contributed by atoms with E-state index in [1.54, 1.807) is 39.2 Å². The fraction of sp³-hybridized carbons (Fsp3) is 0.593. The normalized spacial score (nSPS) is 25.0. The molecule has 0 spiro atoms. The van der Waals surface area contributed by atoms with Crippen molar-refractivity contribution in [2.45, 2.75) is 69.1 Å². The minimum Gasteiger partial charge on any atom is -0.497 e. The molecular weight excluding hydrogens is 492 g/mol. The summed E-state index contributed by atoms with van der Waals surface area (Å²) < 4.78 is 39.3. The topological polar surface area (TPSA) is 95.3 Å². The summed E-state index contributed by atoms with van der Waals surface area (Å²) in [5.74, 6) is 0.946. The molecule has 2 atom stereocenters. The summed E-state index contributed by atoms with van der Waals surface area (Å²) in [6, 6.07) is 7.08. The summed E-state index contributed by atoms with van der Waals surface area (Å²) >= 11 is 0. The zero-order chi connectivity index (χ0) is 26.3. The number of nitrogens with zero attached hydrogens (tertiary/aromatic N) is 3. The van der Waals surface area contributed by atoms with Crippen LogP contribution in [-0.4, -0.2) is 87.5 Å². The van der Waals surface area contributed by atoms with E-state index < -0.39 is 10.0 Å². The second-order valence-corrected chi connectivity index (χ2v) is 12.4. The molecule has 1 aromatic heterocycles.